The maximum atomic E-state index is 12.5. The number of rotatable bonds is 7. The molecular weight excluding hydrogens is 384 g/mol. The van der Waals surface area contributed by atoms with Crippen molar-refractivity contribution >= 4 is 32.4 Å². The Morgan fingerprint density at radius 2 is 1.93 bits per heavy atom. The van der Waals surface area contributed by atoms with Gasteiger partial charge in [-0.3, -0.25) is 4.79 Å². The fourth-order valence-electron chi connectivity index (χ4n) is 3.03. The van der Waals surface area contributed by atoms with Gasteiger partial charge in [0.1, 0.15) is 5.01 Å². The maximum absolute atomic E-state index is 12.5. The minimum atomic E-state index is -3.20. The lowest BCUT2D eigenvalue weighted by atomic mass is 9.97. The number of piperidine rings is 1. The van der Waals surface area contributed by atoms with Gasteiger partial charge in [0, 0.05) is 24.6 Å². The van der Waals surface area contributed by atoms with Crippen molar-refractivity contribution < 1.29 is 13.2 Å². The third-order valence-corrected chi connectivity index (χ3v) is 7.49. The number of unbranched alkanes of at least 4 members (excludes halogenated alkanes) is 1. The van der Waals surface area contributed by atoms with E-state index in [9.17, 15) is 13.2 Å². The number of sulfonamides is 1. The summed E-state index contributed by atoms with van der Waals surface area (Å²) in [4.78, 5) is 12.5. The molecule has 0 unspecified atom stereocenters. The highest BCUT2D eigenvalue weighted by atomic mass is 32.2. The zero-order chi connectivity index (χ0) is 19.3. The van der Waals surface area contributed by atoms with Crippen LogP contribution >= 0.6 is 11.3 Å². The largest absolute Gasteiger partial charge is 0.300 e. The molecule has 2 aromatic rings. The first kappa shape index (κ1) is 19.9. The van der Waals surface area contributed by atoms with E-state index in [1.54, 1.807) is 0 Å². The molecule has 0 atom stereocenters. The number of nitrogens with one attached hydrogen (secondary N) is 1. The molecule has 1 aliphatic rings. The number of hydrogen-bond donors (Lipinski definition) is 1. The van der Waals surface area contributed by atoms with Crippen LogP contribution in [0.25, 0.3) is 10.6 Å². The van der Waals surface area contributed by atoms with Crippen LogP contribution < -0.4 is 5.32 Å². The van der Waals surface area contributed by atoms with Crippen molar-refractivity contribution in [1.82, 2.24) is 14.5 Å². The van der Waals surface area contributed by atoms with E-state index >= 15 is 0 Å². The first-order valence-electron chi connectivity index (χ1n) is 9.17. The van der Waals surface area contributed by atoms with E-state index in [0.29, 0.717) is 37.5 Å². The maximum Gasteiger partial charge on any atom is 0.229 e. The molecule has 7 nitrogen and oxygen atoms in total. The molecule has 1 fully saturated rings. The van der Waals surface area contributed by atoms with E-state index in [4.69, 9.17) is 0 Å². The number of carbonyl (C=O) groups is 1. The number of carbonyl (C=O) groups excluding carboxylic acids is 1. The van der Waals surface area contributed by atoms with Gasteiger partial charge in [0.05, 0.1) is 5.75 Å². The van der Waals surface area contributed by atoms with E-state index < -0.39 is 10.0 Å². The number of nitrogens with zero attached hydrogens (tertiary/aromatic N) is 3. The fourth-order valence-corrected chi connectivity index (χ4v) is 5.46. The Hall–Kier alpha value is -1.84. The third kappa shape index (κ3) is 5.12. The highest BCUT2D eigenvalue weighted by molar-refractivity contribution is 7.89. The van der Waals surface area contributed by atoms with E-state index in [2.05, 4.69) is 15.5 Å². The summed E-state index contributed by atoms with van der Waals surface area (Å²) in [5, 5.41) is 12.2. The van der Waals surface area contributed by atoms with Crippen LogP contribution in [-0.2, 0) is 14.8 Å². The smallest absolute Gasteiger partial charge is 0.229 e. The molecule has 0 bridgehead atoms. The van der Waals surface area contributed by atoms with Gasteiger partial charge in [0.25, 0.3) is 0 Å². The summed E-state index contributed by atoms with van der Waals surface area (Å²) in [7, 11) is -3.20. The SMILES string of the molecule is CCCCS(=O)(=O)N1CCC(C(=O)Nc2nnc(-c3ccccc3)s2)CC1. The predicted octanol–water partition coefficient (Wildman–Crippen LogP) is 2.99. The van der Waals surface area contributed by atoms with Crippen LogP contribution in [0.2, 0.25) is 0 Å². The van der Waals surface area contributed by atoms with Crippen molar-refractivity contribution in [2.45, 2.75) is 32.6 Å². The second-order valence-electron chi connectivity index (χ2n) is 6.61. The molecule has 0 spiro atoms. The van der Waals surface area contributed by atoms with Gasteiger partial charge in [-0.15, -0.1) is 10.2 Å². The molecule has 1 saturated heterocycles. The Morgan fingerprint density at radius 1 is 1.22 bits per heavy atom. The van der Waals surface area contributed by atoms with Gasteiger partial charge in [-0.25, -0.2) is 12.7 Å². The van der Waals surface area contributed by atoms with Gasteiger partial charge in [0.15, 0.2) is 0 Å². The molecule has 27 heavy (non-hydrogen) atoms. The average molecular weight is 409 g/mol. The molecule has 1 amide bonds. The Labute approximate surface area is 163 Å². The molecule has 1 N–H and O–H groups in total. The average Bonchev–Trinajstić information content (AvgIpc) is 3.16. The van der Waals surface area contributed by atoms with E-state index in [-0.39, 0.29) is 17.6 Å². The number of amides is 1. The second kappa shape index (κ2) is 8.90. The second-order valence-corrected chi connectivity index (χ2v) is 9.68. The van der Waals surface area contributed by atoms with Crippen molar-refractivity contribution in [2.75, 3.05) is 24.2 Å². The summed E-state index contributed by atoms with van der Waals surface area (Å²) in [5.41, 5.74) is 0.959. The van der Waals surface area contributed by atoms with Gasteiger partial charge in [-0.05, 0) is 19.3 Å². The van der Waals surface area contributed by atoms with Gasteiger partial charge < -0.3 is 5.32 Å². The van der Waals surface area contributed by atoms with E-state index in [1.165, 1.54) is 15.6 Å². The van der Waals surface area contributed by atoms with Crippen molar-refractivity contribution in [2.24, 2.45) is 5.92 Å². The number of hydrogen-bond acceptors (Lipinski definition) is 6. The summed E-state index contributed by atoms with van der Waals surface area (Å²) in [6.45, 7) is 2.77. The molecular formula is C18H24N4O3S2. The molecule has 2 heterocycles. The minimum absolute atomic E-state index is 0.114. The summed E-state index contributed by atoms with van der Waals surface area (Å²) < 4.78 is 26.0. The Kier molecular flexibility index (Phi) is 6.56. The Bertz CT molecular complexity index is 860. The van der Waals surface area contributed by atoms with Gasteiger partial charge in [0.2, 0.25) is 21.1 Å². The van der Waals surface area contributed by atoms with Crippen molar-refractivity contribution in [3.63, 3.8) is 0 Å². The first-order chi connectivity index (χ1) is 13.0. The Morgan fingerprint density at radius 3 is 2.59 bits per heavy atom. The molecule has 0 aliphatic carbocycles. The van der Waals surface area contributed by atoms with Crippen LogP contribution in [0.15, 0.2) is 30.3 Å². The van der Waals surface area contributed by atoms with Crippen molar-refractivity contribution in [1.29, 1.82) is 0 Å². The lowest BCUT2D eigenvalue weighted by Gasteiger charge is -2.30. The van der Waals surface area contributed by atoms with Crippen molar-refractivity contribution in [3.8, 4) is 10.6 Å². The first-order valence-corrected chi connectivity index (χ1v) is 11.6. The van der Waals surface area contributed by atoms with Crippen LogP contribution in [0.4, 0.5) is 5.13 Å². The number of anilines is 1. The van der Waals surface area contributed by atoms with Crippen molar-refractivity contribution in [3.05, 3.63) is 30.3 Å². The number of benzene rings is 1. The lowest BCUT2D eigenvalue weighted by Crippen LogP contribution is -2.42. The third-order valence-electron chi connectivity index (χ3n) is 4.65. The summed E-state index contributed by atoms with van der Waals surface area (Å²) in [6.07, 6.45) is 2.58. The monoisotopic (exact) mass is 408 g/mol. The van der Waals surface area contributed by atoms with Crippen LogP contribution in [0.1, 0.15) is 32.6 Å². The zero-order valence-electron chi connectivity index (χ0n) is 15.3. The number of aromatic nitrogens is 2. The van der Waals surface area contributed by atoms with Crippen LogP contribution in [0, 0.1) is 5.92 Å². The quantitative estimate of drug-likeness (QED) is 0.760. The van der Waals surface area contributed by atoms with Gasteiger partial charge >= 0.3 is 0 Å². The summed E-state index contributed by atoms with van der Waals surface area (Å²) in [6, 6.07) is 9.68. The van der Waals surface area contributed by atoms with Gasteiger partial charge in [-0.2, -0.15) is 0 Å². The topological polar surface area (TPSA) is 92.3 Å². The highest BCUT2D eigenvalue weighted by Gasteiger charge is 2.31. The molecule has 0 saturated carbocycles. The van der Waals surface area contributed by atoms with Crippen LogP contribution in [-0.4, -0.2) is 47.7 Å². The minimum Gasteiger partial charge on any atom is -0.300 e. The normalized spacial score (nSPS) is 16.3. The van der Waals surface area contributed by atoms with Crippen LogP contribution in [0.3, 0.4) is 0 Å². The molecule has 1 aromatic carbocycles. The predicted molar refractivity (Wildman–Crippen MR) is 107 cm³/mol. The molecule has 1 aromatic heterocycles. The van der Waals surface area contributed by atoms with Gasteiger partial charge in [-0.1, -0.05) is 55.0 Å². The summed E-state index contributed by atoms with van der Waals surface area (Å²) in [5.74, 6) is -0.129. The molecule has 1 aliphatic heterocycles. The molecule has 9 heteroatoms. The zero-order valence-corrected chi connectivity index (χ0v) is 16.9. The standard InChI is InChI=1S/C18H24N4O3S2/c1-2-3-13-27(24,25)22-11-9-14(10-12-22)16(23)19-18-21-20-17(26-18)15-7-5-4-6-8-15/h4-8,14H,2-3,9-13H2,1H3,(H,19,21,23). The summed E-state index contributed by atoms with van der Waals surface area (Å²) >= 11 is 1.33. The highest BCUT2D eigenvalue weighted by Crippen LogP contribution is 2.27. The molecule has 0 radical (unpaired) electrons. The Balaban J connectivity index is 1.54. The van der Waals surface area contributed by atoms with Crippen LogP contribution in [0.5, 0.6) is 0 Å². The molecule has 146 valence electrons. The molecule has 3 rings (SSSR count). The van der Waals surface area contributed by atoms with E-state index in [1.807, 2.05) is 37.3 Å². The fraction of sp³-hybridized carbons (Fsp3) is 0.500. The lowest BCUT2D eigenvalue weighted by molar-refractivity contribution is -0.120. The van der Waals surface area contributed by atoms with E-state index in [0.717, 1.165) is 17.0 Å².